The van der Waals surface area contributed by atoms with Crippen LogP contribution in [0.1, 0.15) is 31.7 Å². The number of fused-ring (bicyclic) bond motifs is 1. The van der Waals surface area contributed by atoms with Gasteiger partial charge < -0.3 is 5.32 Å². The molecule has 0 aliphatic rings. The van der Waals surface area contributed by atoms with Crippen molar-refractivity contribution in [3.05, 3.63) is 48.9 Å². The number of hydrogen-bond acceptors (Lipinski definition) is 5. The summed E-state index contributed by atoms with van der Waals surface area (Å²) >= 11 is 0. The van der Waals surface area contributed by atoms with Gasteiger partial charge in [-0.2, -0.15) is 14.6 Å². The summed E-state index contributed by atoms with van der Waals surface area (Å²) in [6.45, 7) is 8.76. The van der Waals surface area contributed by atoms with Crippen LogP contribution in [-0.4, -0.2) is 31.1 Å². The molecule has 6 heteroatoms. The van der Waals surface area contributed by atoms with Gasteiger partial charge in [-0.15, -0.1) is 6.58 Å². The third-order valence-electron chi connectivity index (χ3n) is 3.57. The van der Waals surface area contributed by atoms with Crippen molar-refractivity contribution < 1.29 is 0 Å². The number of aromatic nitrogens is 5. The Morgan fingerprint density at radius 3 is 2.87 bits per heavy atom. The lowest BCUT2D eigenvalue weighted by atomic mass is 10.1. The standard InChI is InChI=1S/C17H20N6/c1-4-5-9-19-17-22-15(13-7-6-8-18-10-13)21-16-14(12(2)3)11-20-23(16)17/h4,6-8,10-12H,1,5,9H2,2-3H3,(H,19,21,22). The van der Waals surface area contributed by atoms with Gasteiger partial charge in [-0.1, -0.05) is 19.9 Å². The second-order valence-corrected chi connectivity index (χ2v) is 5.61. The van der Waals surface area contributed by atoms with Crippen LogP contribution in [0.5, 0.6) is 0 Å². The first-order chi connectivity index (χ1) is 11.2. The third kappa shape index (κ3) is 3.06. The van der Waals surface area contributed by atoms with Gasteiger partial charge in [0.2, 0.25) is 5.95 Å². The molecule has 0 unspecified atom stereocenters. The van der Waals surface area contributed by atoms with Gasteiger partial charge in [0, 0.05) is 30.1 Å². The minimum absolute atomic E-state index is 0.338. The van der Waals surface area contributed by atoms with E-state index in [0.717, 1.165) is 29.7 Å². The summed E-state index contributed by atoms with van der Waals surface area (Å²) in [6, 6.07) is 3.84. The number of rotatable bonds is 6. The Bertz CT molecular complexity index is 807. The fourth-order valence-electron chi connectivity index (χ4n) is 2.33. The van der Waals surface area contributed by atoms with Crippen LogP contribution < -0.4 is 5.32 Å². The van der Waals surface area contributed by atoms with E-state index in [0.29, 0.717) is 17.7 Å². The highest BCUT2D eigenvalue weighted by molar-refractivity contribution is 5.61. The van der Waals surface area contributed by atoms with Crippen molar-refractivity contribution in [1.29, 1.82) is 0 Å². The van der Waals surface area contributed by atoms with Crippen LogP contribution >= 0.6 is 0 Å². The van der Waals surface area contributed by atoms with Gasteiger partial charge in [0.15, 0.2) is 11.5 Å². The molecule has 0 saturated carbocycles. The van der Waals surface area contributed by atoms with E-state index in [1.165, 1.54) is 0 Å². The van der Waals surface area contributed by atoms with Gasteiger partial charge >= 0.3 is 0 Å². The van der Waals surface area contributed by atoms with Crippen molar-refractivity contribution >= 4 is 11.6 Å². The zero-order chi connectivity index (χ0) is 16.2. The quantitative estimate of drug-likeness (QED) is 0.559. The van der Waals surface area contributed by atoms with Crippen LogP contribution in [0.2, 0.25) is 0 Å². The average Bonchev–Trinajstić information content (AvgIpc) is 3.00. The molecule has 0 aromatic carbocycles. The van der Waals surface area contributed by atoms with Crippen molar-refractivity contribution in [1.82, 2.24) is 24.6 Å². The van der Waals surface area contributed by atoms with E-state index in [1.54, 1.807) is 16.9 Å². The van der Waals surface area contributed by atoms with Gasteiger partial charge in [-0.3, -0.25) is 4.98 Å². The second-order valence-electron chi connectivity index (χ2n) is 5.61. The molecule has 1 N–H and O–H groups in total. The highest BCUT2D eigenvalue weighted by Gasteiger charge is 2.15. The monoisotopic (exact) mass is 308 g/mol. The van der Waals surface area contributed by atoms with Crippen molar-refractivity contribution in [3.8, 4) is 11.4 Å². The molecule has 3 heterocycles. The Labute approximate surface area is 135 Å². The Balaban J connectivity index is 2.13. The molecule has 0 amide bonds. The lowest BCUT2D eigenvalue weighted by Crippen LogP contribution is -2.10. The van der Waals surface area contributed by atoms with Crippen LogP contribution in [0.4, 0.5) is 5.95 Å². The summed E-state index contributed by atoms with van der Waals surface area (Å²) in [5, 5.41) is 7.75. The summed E-state index contributed by atoms with van der Waals surface area (Å²) in [5.41, 5.74) is 2.82. The molecule has 23 heavy (non-hydrogen) atoms. The van der Waals surface area contributed by atoms with Crippen molar-refractivity contribution in [2.24, 2.45) is 0 Å². The number of anilines is 1. The SMILES string of the molecule is C=CCCNc1nc(-c2cccnc2)nc2c(C(C)C)cnn12. The summed E-state index contributed by atoms with van der Waals surface area (Å²) in [7, 11) is 0. The minimum atomic E-state index is 0.338. The third-order valence-corrected chi connectivity index (χ3v) is 3.57. The zero-order valence-corrected chi connectivity index (χ0v) is 13.4. The molecule has 0 bridgehead atoms. The molecular weight excluding hydrogens is 288 g/mol. The fraction of sp³-hybridized carbons (Fsp3) is 0.294. The summed E-state index contributed by atoms with van der Waals surface area (Å²) < 4.78 is 1.76. The Hall–Kier alpha value is -2.76. The fourth-order valence-corrected chi connectivity index (χ4v) is 2.33. The van der Waals surface area contributed by atoms with Gasteiger partial charge in [-0.25, -0.2) is 4.98 Å². The van der Waals surface area contributed by atoms with Gasteiger partial charge in [0.1, 0.15) is 0 Å². The first kappa shape index (κ1) is 15.1. The summed E-state index contributed by atoms with van der Waals surface area (Å²) in [4.78, 5) is 13.5. The number of pyridine rings is 1. The lowest BCUT2D eigenvalue weighted by Gasteiger charge is -2.10. The highest BCUT2D eigenvalue weighted by atomic mass is 15.3. The van der Waals surface area contributed by atoms with Gasteiger partial charge in [-0.05, 0) is 24.5 Å². The molecular formula is C17H20N6. The lowest BCUT2D eigenvalue weighted by molar-refractivity contribution is 0.866. The zero-order valence-electron chi connectivity index (χ0n) is 13.4. The van der Waals surface area contributed by atoms with E-state index >= 15 is 0 Å². The predicted molar refractivity (Wildman–Crippen MR) is 91.4 cm³/mol. The molecule has 118 valence electrons. The van der Waals surface area contributed by atoms with E-state index in [2.05, 4.69) is 40.8 Å². The van der Waals surface area contributed by atoms with E-state index < -0.39 is 0 Å². The largest absolute Gasteiger partial charge is 0.354 e. The minimum Gasteiger partial charge on any atom is -0.354 e. The van der Waals surface area contributed by atoms with Crippen molar-refractivity contribution in [2.45, 2.75) is 26.2 Å². The molecule has 0 saturated heterocycles. The van der Waals surface area contributed by atoms with Crippen LogP contribution in [0, 0.1) is 0 Å². The molecule has 3 rings (SSSR count). The predicted octanol–water partition coefficient (Wildman–Crippen LogP) is 3.30. The normalized spacial score (nSPS) is 11.1. The van der Waals surface area contributed by atoms with Crippen LogP contribution in [-0.2, 0) is 0 Å². The molecule has 0 fully saturated rings. The topological polar surface area (TPSA) is 68.0 Å². The van der Waals surface area contributed by atoms with Crippen molar-refractivity contribution in [3.63, 3.8) is 0 Å². The molecule has 3 aromatic heterocycles. The molecule has 0 spiro atoms. The first-order valence-electron chi connectivity index (χ1n) is 7.71. The van der Waals surface area contributed by atoms with Crippen LogP contribution in [0.3, 0.4) is 0 Å². The maximum atomic E-state index is 4.70. The Morgan fingerprint density at radius 2 is 2.17 bits per heavy atom. The number of nitrogens with one attached hydrogen (secondary N) is 1. The molecule has 0 aliphatic carbocycles. The van der Waals surface area contributed by atoms with E-state index in [9.17, 15) is 0 Å². The maximum absolute atomic E-state index is 4.70. The maximum Gasteiger partial charge on any atom is 0.227 e. The molecule has 0 radical (unpaired) electrons. The summed E-state index contributed by atoms with van der Waals surface area (Å²) in [5.74, 6) is 1.67. The van der Waals surface area contributed by atoms with E-state index in [-0.39, 0.29) is 0 Å². The van der Waals surface area contributed by atoms with E-state index in [1.807, 2.05) is 24.4 Å². The van der Waals surface area contributed by atoms with Crippen LogP contribution in [0.15, 0.2) is 43.4 Å². The molecule has 3 aromatic rings. The molecule has 6 nitrogen and oxygen atoms in total. The van der Waals surface area contributed by atoms with Gasteiger partial charge in [0.25, 0.3) is 0 Å². The first-order valence-corrected chi connectivity index (χ1v) is 7.71. The highest BCUT2D eigenvalue weighted by Crippen LogP contribution is 2.23. The van der Waals surface area contributed by atoms with E-state index in [4.69, 9.17) is 4.98 Å². The average molecular weight is 308 g/mol. The van der Waals surface area contributed by atoms with Crippen molar-refractivity contribution in [2.75, 3.05) is 11.9 Å². The molecule has 0 aliphatic heterocycles. The smallest absolute Gasteiger partial charge is 0.227 e. The number of nitrogens with zero attached hydrogens (tertiary/aromatic N) is 5. The van der Waals surface area contributed by atoms with Gasteiger partial charge in [0.05, 0.1) is 6.20 Å². The Kier molecular flexibility index (Phi) is 4.32. The summed E-state index contributed by atoms with van der Waals surface area (Å²) in [6.07, 6.45) is 8.09. The molecule has 0 atom stereocenters. The Morgan fingerprint density at radius 1 is 1.30 bits per heavy atom. The second kappa shape index (κ2) is 6.56. The number of hydrogen-bond donors (Lipinski definition) is 1. The van der Waals surface area contributed by atoms with Crippen LogP contribution in [0.25, 0.3) is 17.0 Å².